The number of halogens is 3. The maximum absolute atomic E-state index is 11.1. The van der Waals surface area contributed by atoms with E-state index >= 15 is 0 Å². The molecule has 18 heavy (non-hydrogen) atoms. The van der Waals surface area contributed by atoms with Gasteiger partial charge < -0.3 is 15.2 Å². The summed E-state index contributed by atoms with van der Waals surface area (Å²) in [5.74, 6) is -2.86. The number of alkyl halides is 3. The normalized spacial score (nSPS) is 22.9. The Balaban J connectivity index is 0.000000360. The number of aliphatic carboxylic acids is 1. The van der Waals surface area contributed by atoms with Crippen LogP contribution in [0.3, 0.4) is 0 Å². The van der Waals surface area contributed by atoms with Gasteiger partial charge >= 0.3 is 18.1 Å². The van der Waals surface area contributed by atoms with Crippen LogP contribution in [0.25, 0.3) is 0 Å². The molecular formula is C10H16F3NO4. The first kappa shape index (κ1) is 16.7. The number of ether oxygens (including phenoxy) is 1. The molecule has 2 atom stereocenters. The van der Waals surface area contributed by atoms with Crippen molar-refractivity contribution in [1.29, 1.82) is 0 Å². The molecule has 5 nitrogen and oxygen atoms in total. The Kier molecular flexibility index (Phi) is 6.67. The highest BCUT2D eigenvalue weighted by atomic mass is 19.4. The fraction of sp³-hybridized carbons (Fsp3) is 0.800. The monoisotopic (exact) mass is 271 g/mol. The van der Waals surface area contributed by atoms with Crippen LogP contribution >= 0.6 is 0 Å². The van der Waals surface area contributed by atoms with Crippen molar-refractivity contribution in [3.8, 4) is 0 Å². The highest BCUT2D eigenvalue weighted by molar-refractivity contribution is 5.76. The Morgan fingerprint density at radius 1 is 1.39 bits per heavy atom. The second-order valence-corrected chi connectivity index (χ2v) is 3.75. The van der Waals surface area contributed by atoms with Crippen molar-refractivity contribution >= 4 is 11.9 Å². The van der Waals surface area contributed by atoms with Gasteiger partial charge in [-0.3, -0.25) is 4.79 Å². The number of carboxylic acid groups (broad SMARTS) is 1. The van der Waals surface area contributed by atoms with Gasteiger partial charge in [-0.1, -0.05) is 0 Å². The molecule has 0 aliphatic carbocycles. The largest absolute Gasteiger partial charge is 0.490 e. The highest BCUT2D eigenvalue weighted by Crippen LogP contribution is 2.13. The van der Waals surface area contributed by atoms with E-state index < -0.39 is 12.1 Å². The van der Waals surface area contributed by atoms with Crippen LogP contribution in [0.1, 0.15) is 26.7 Å². The topological polar surface area (TPSA) is 75.6 Å². The Labute approximate surface area is 102 Å². The molecular weight excluding hydrogens is 255 g/mol. The van der Waals surface area contributed by atoms with Crippen molar-refractivity contribution in [3.05, 3.63) is 0 Å². The summed E-state index contributed by atoms with van der Waals surface area (Å²) in [5, 5.41) is 10.3. The minimum atomic E-state index is -5.08. The first-order valence-corrected chi connectivity index (χ1v) is 5.41. The highest BCUT2D eigenvalue weighted by Gasteiger charge is 2.38. The maximum Gasteiger partial charge on any atom is 0.490 e. The van der Waals surface area contributed by atoms with Crippen molar-refractivity contribution in [3.63, 3.8) is 0 Å². The lowest BCUT2D eigenvalue weighted by Gasteiger charge is -2.09. The molecule has 1 aliphatic heterocycles. The lowest BCUT2D eigenvalue weighted by molar-refractivity contribution is -0.192. The standard InChI is InChI=1S/C8H15NO2.C2HF3O2/c1-3-11-8(10)7-5-4-6(2)9-7;3-2(4,5)1(6)7/h6-7,9H,3-5H2,1-2H3;(H,6,7)/t6-,7+;/m1./s1. The number of hydrogen-bond donors (Lipinski definition) is 2. The number of carbonyl (C=O) groups excluding carboxylic acids is 1. The molecule has 1 aliphatic rings. The molecule has 0 aromatic carbocycles. The summed E-state index contributed by atoms with van der Waals surface area (Å²) in [6.07, 6.45) is -3.09. The minimum Gasteiger partial charge on any atom is -0.475 e. The SMILES string of the molecule is CCOC(=O)[C@@H]1CC[C@@H](C)N1.O=C(O)C(F)(F)F. The number of carbonyl (C=O) groups is 2. The lowest BCUT2D eigenvalue weighted by atomic mass is 10.2. The molecule has 1 heterocycles. The van der Waals surface area contributed by atoms with Gasteiger partial charge in [-0.05, 0) is 26.7 Å². The number of carboxylic acids is 1. The van der Waals surface area contributed by atoms with Crippen molar-refractivity contribution in [2.24, 2.45) is 0 Å². The first-order chi connectivity index (χ1) is 8.18. The van der Waals surface area contributed by atoms with E-state index in [1.807, 2.05) is 6.92 Å². The molecule has 1 saturated heterocycles. The fourth-order valence-electron chi connectivity index (χ4n) is 1.36. The van der Waals surface area contributed by atoms with E-state index in [9.17, 15) is 18.0 Å². The predicted octanol–water partition coefficient (Wildman–Crippen LogP) is 1.32. The third-order valence-electron chi connectivity index (χ3n) is 2.19. The number of rotatable bonds is 2. The first-order valence-electron chi connectivity index (χ1n) is 5.41. The van der Waals surface area contributed by atoms with Crippen LogP contribution in [-0.2, 0) is 14.3 Å². The van der Waals surface area contributed by atoms with Gasteiger partial charge in [0.15, 0.2) is 0 Å². The van der Waals surface area contributed by atoms with E-state index in [0.717, 1.165) is 12.8 Å². The number of nitrogens with one attached hydrogen (secondary N) is 1. The smallest absolute Gasteiger partial charge is 0.475 e. The van der Waals surface area contributed by atoms with Crippen molar-refractivity contribution in [2.75, 3.05) is 6.61 Å². The van der Waals surface area contributed by atoms with E-state index in [1.165, 1.54) is 0 Å². The average molecular weight is 271 g/mol. The Morgan fingerprint density at radius 2 is 1.89 bits per heavy atom. The van der Waals surface area contributed by atoms with E-state index in [2.05, 4.69) is 12.2 Å². The molecule has 0 aromatic heterocycles. The number of hydrogen-bond acceptors (Lipinski definition) is 4. The molecule has 0 aromatic rings. The zero-order valence-corrected chi connectivity index (χ0v) is 10.1. The summed E-state index contributed by atoms with van der Waals surface area (Å²) < 4.78 is 36.6. The van der Waals surface area contributed by atoms with E-state index in [0.29, 0.717) is 12.6 Å². The molecule has 0 spiro atoms. The van der Waals surface area contributed by atoms with Gasteiger partial charge in [-0.2, -0.15) is 13.2 Å². The molecule has 8 heteroatoms. The molecule has 1 fully saturated rings. The van der Waals surface area contributed by atoms with Gasteiger partial charge in [0.1, 0.15) is 6.04 Å². The molecule has 0 amide bonds. The summed E-state index contributed by atoms with van der Waals surface area (Å²) in [6.45, 7) is 4.39. The Morgan fingerprint density at radius 3 is 2.17 bits per heavy atom. The van der Waals surface area contributed by atoms with Crippen molar-refractivity contribution in [2.45, 2.75) is 44.9 Å². The number of esters is 1. The van der Waals surface area contributed by atoms with Crippen molar-refractivity contribution < 1.29 is 32.6 Å². The molecule has 0 bridgehead atoms. The molecule has 2 N–H and O–H groups in total. The molecule has 0 unspecified atom stereocenters. The average Bonchev–Trinajstić information content (AvgIpc) is 2.65. The van der Waals surface area contributed by atoms with Crippen LogP contribution in [0.5, 0.6) is 0 Å². The van der Waals surface area contributed by atoms with Crippen LogP contribution in [0.15, 0.2) is 0 Å². The van der Waals surface area contributed by atoms with Gasteiger partial charge in [-0.25, -0.2) is 4.79 Å². The summed E-state index contributed by atoms with van der Waals surface area (Å²) >= 11 is 0. The van der Waals surface area contributed by atoms with Crippen molar-refractivity contribution in [1.82, 2.24) is 5.32 Å². The van der Waals surface area contributed by atoms with Gasteiger partial charge in [0.25, 0.3) is 0 Å². The van der Waals surface area contributed by atoms with Crippen LogP contribution in [-0.4, -0.2) is 41.9 Å². The van der Waals surface area contributed by atoms with Gasteiger partial charge in [0, 0.05) is 6.04 Å². The van der Waals surface area contributed by atoms with Gasteiger partial charge in [0.2, 0.25) is 0 Å². The molecule has 106 valence electrons. The van der Waals surface area contributed by atoms with E-state index in [1.54, 1.807) is 0 Å². The summed E-state index contributed by atoms with van der Waals surface area (Å²) in [5.41, 5.74) is 0. The van der Waals surface area contributed by atoms with E-state index in [-0.39, 0.29) is 12.0 Å². The van der Waals surface area contributed by atoms with Crippen LogP contribution in [0, 0.1) is 0 Å². The Bertz CT molecular complexity index is 293. The summed E-state index contributed by atoms with van der Waals surface area (Å²) in [7, 11) is 0. The zero-order chi connectivity index (χ0) is 14.3. The molecule has 0 radical (unpaired) electrons. The quantitative estimate of drug-likeness (QED) is 0.741. The van der Waals surface area contributed by atoms with Gasteiger partial charge in [0.05, 0.1) is 6.61 Å². The Hall–Kier alpha value is -1.31. The summed E-state index contributed by atoms with van der Waals surface area (Å²) in [6, 6.07) is 0.411. The second kappa shape index (κ2) is 7.20. The molecule has 0 saturated carbocycles. The van der Waals surface area contributed by atoms with Crippen LogP contribution in [0.2, 0.25) is 0 Å². The van der Waals surface area contributed by atoms with Gasteiger partial charge in [-0.15, -0.1) is 0 Å². The van der Waals surface area contributed by atoms with E-state index in [4.69, 9.17) is 14.6 Å². The minimum absolute atomic E-state index is 0.0510. The predicted molar refractivity (Wildman–Crippen MR) is 55.9 cm³/mol. The maximum atomic E-state index is 11.1. The van der Waals surface area contributed by atoms with Crippen LogP contribution in [0.4, 0.5) is 13.2 Å². The fourth-order valence-corrected chi connectivity index (χ4v) is 1.36. The van der Waals surface area contributed by atoms with Crippen LogP contribution < -0.4 is 5.32 Å². The molecule has 1 rings (SSSR count). The third-order valence-corrected chi connectivity index (χ3v) is 2.19. The lowest BCUT2D eigenvalue weighted by Crippen LogP contribution is -2.35. The zero-order valence-electron chi connectivity index (χ0n) is 10.1. The second-order valence-electron chi connectivity index (χ2n) is 3.75. The third kappa shape index (κ3) is 6.43. The summed E-state index contributed by atoms with van der Waals surface area (Å²) in [4.78, 5) is 20.0.